The second-order valence-corrected chi connectivity index (χ2v) is 5.63. The maximum atomic E-state index is 12.1. The zero-order valence-corrected chi connectivity index (χ0v) is 13.5. The predicted octanol–water partition coefficient (Wildman–Crippen LogP) is 3.65. The minimum Gasteiger partial charge on any atom is -0.452 e. The summed E-state index contributed by atoms with van der Waals surface area (Å²) in [5, 5.41) is 3.73. The van der Waals surface area contributed by atoms with Crippen LogP contribution in [0.15, 0.2) is 35.5 Å². The van der Waals surface area contributed by atoms with Crippen molar-refractivity contribution in [1.82, 2.24) is 0 Å². The number of ether oxygens (including phenoxy) is 1. The molecule has 0 radical (unpaired) electrons. The van der Waals surface area contributed by atoms with Crippen molar-refractivity contribution in [2.24, 2.45) is 11.1 Å². The first kappa shape index (κ1) is 16.7. The monoisotopic (exact) mass is 341 g/mol. The number of benzene rings is 1. The molecule has 0 aliphatic rings. The lowest BCUT2D eigenvalue weighted by atomic mass is 10.00. The first-order valence-corrected chi connectivity index (χ1v) is 7.48. The number of rotatable bonds is 7. The summed E-state index contributed by atoms with van der Waals surface area (Å²) in [6, 6.07) is 8.91. The Morgan fingerprint density at radius 3 is 2.60 bits per heavy atom. The molecule has 0 saturated carbocycles. The molecule has 1 aromatic carbocycles. The quantitative estimate of drug-likeness (QED) is 0.329. The van der Waals surface area contributed by atoms with Gasteiger partial charge in [0.25, 0.3) is 0 Å². The normalized spacial score (nSPS) is 15.6. The molecule has 0 N–H and O–H groups in total. The third-order valence-electron chi connectivity index (χ3n) is 3.04. The van der Waals surface area contributed by atoms with Crippen LogP contribution in [0.25, 0.3) is 0 Å². The zero-order valence-electron chi connectivity index (χ0n) is 12.0. The fraction of sp³-hybridized carbons (Fsp3) is 0.467. The maximum Gasteiger partial charge on any atom is 0.338 e. The highest BCUT2D eigenvalue weighted by molar-refractivity contribution is 9.09. The van der Waals surface area contributed by atoms with Gasteiger partial charge in [0.2, 0.25) is 0 Å². The summed E-state index contributed by atoms with van der Waals surface area (Å²) in [5.74, 6) is -0.271. The molecular weight excluding hydrogens is 322 g/mol. The summed E-state index contributed by atoms with van der Waals surface area (Å²) in [6.07, 6.45) is 2.02. The third-order valence-corrected chi connectivity index (χ3v) is 4.53. The highest BCUT2D eigenvalue weighted by atomic mass is 79.9. The van der Waals surface area contributed by atoms with Gasteiger partial charge in [0.15, 0.2) is 0 Å². The Bertz CT molecular complexity index is 436. The molecule has 20 heavy (non-hydrogen) atoms. The van der Waals surface area contributed by atoms with Crippen LogP contribution in [0.2, 0.25) is 0 Å². The van der Waals surface area contributed by atoms with Crippen molar-refractivity contribution in [2.45, 2.75) is 31.2 Å². The first-order chi connectivity index (χ1) is 9.60. The molecule has 1 aromatic rings. The maximum absolute atomic E-state index is 12.1. The summed E-state index contributed by atoms with van der Waals surface area (Å²) in [5.41, 5.74) is 0.526. The van der Waals surface area contributed by atoms with E-state index in [0.717, 1.165) is 6.42 Å². The van der Waals surface area contributed by atoms with Crippen molar-refractivity contribution in [1.29, 1.82) is 0 Å². The SMILES string of the molecule is CC[C@@H](Br)[C@@H](C)[C@H](C=NOC)OC(=O)c1ccccc1. The molecule has 5 heteroatoms. The highest BCUT2D eigenvalue weighted by Gasteiger charge is 2.25. The van der Waals surface area contributed by atoms with Gasteiger partial charge in [-0.1, -0.05) is 53.1 Å². The average molecular weight is 342 g/mol. The molecule has 0 spiro atoms. The Morgan fingerprint density at radius 2 is 2.05 bits per heavy atom. The van der Waals surface area contributed by atoms with Crippen molar-refractivity contribution >= 4 is 28.1 Å². The van der Waals surface area contributed by atoms with Crippen LogP contribution in [0.5, 0.6) is 0 Å². The number of hydrogen-bond acceptors (Lipinski definition) is 4. The van der Waals surface area contributed by atoms with Crippen LogP contribution in [-0.4, -0.2) is 30.2 Å². The van der Waals surface area contributed by atoms with Gasteiger partial charge in [-0.3, -0.25) is 0 Å². The van der Waals surface area contributed by atoms with Gasteiger partial charge in [-0.2, -0.15) is 0 Å². The number of carbonyl (C=O) groups excluding carboxylic acids is 1. The van der Waals surface area contributed by atoms with Crippen molar-refractivity contribution in [3.05, 3.63) is 35.9 Å². The van der Waals surface area contributed by atoms with Crippen LogP contribution in [0.4, 0.5) is 0 Å². The van der Waals surface area contributed by atoms with Gasteiger partial charge in [-0.05, 0) is 18.6 Å². The second kappa shape index (κ2) is 8.74. The van der Waals surface area contributed by atoms with Crippen LogP contribution < -0.4 is 0 Å². The topological polar surface area (TPSA) is 47.9 Å². The summed E-state index contributed by atoms with van der Waals surface area (Å²) in [7, 11) is 1.46. The summed E-state index contributed by atoms with van der Waals surface area (Å²) < 4.78 is 5.53. The van der Waals surface area contributed by atoms with Gasteiger partial charge >= 0.3 is 5.97 Å². The van der Waals surface area contributed by atoms with Crippen LogP contribution in [0, 0.1) is 5.92 Å². The van der Waals surface area contributed by atoms with E-state index < -0.39 is 6.10 Å². The van der Waals surface area contributed by atoms with Crippen molar-refractivity contribution < 1.29 is 14.4 Å². The number of hydrogen-bond donors (Lipinski definition) is 0. The van der Waals surface area contributed by atoms with E-state index in [1.807, 2.05) is 13.0 Å². The van der Waals surface area contributed by atoms with Gasteiger partial charge in [0, 0.05) is 10.7 Å². The van der Waals surface area contributed by atoms with E-state index in [-0.39, 0.29) is 16.7 Å². The van der Waals surface area contributed by atoms with E-state index >= 15 is 0 Å². The number of halogens is 1. The lowest BCUT2D eigenvalue weighted by Crippen LogP contribution is -2.32. The molecule has 0 amide bonds. The molecule has 1 rings (SSSR count). The second-order valence-electron chi connectivity index (χ2n) is 4.46. The summed E-state index contributed by atoms with van der Waals surface area (Å²) in [6.45, 7) is 4.08. The molecule has 0 fully saturated rings. The molecule has 0 bridgehead atoms. The van der Waals surface area contributed by atoms with Gasteiger partial charge < -0.3 is 9.57 Å². The molecule has 4 nitrogen and oxygen atoms in total. The lowest BCUT2D eigenvalue weighted by molar-refractivity contribution is 0.0336. The van der Waals surface area contributed by atoms with E-state index in [9.17, 15) is 4.79 Å². The standard InChI is InChI=1S/C15H20BrNO3/c1-4-13(16)11(2)14(10-17-19-3)20-15(18)12-8-6-5-7-9-12/h5-11,13-14H,4H2,1-3H3/t11-,13-,14+/m1/s1. The van der Waals surface area contributed by atoms with E-state index in [1.54, 1.807) is 24.3 Å². The average Bonchev–Trinajstić information content (AvgIpc) is 2.50. The highest BCUT2D eigenvalue weighted by Crippen LogP contribution is 2.22. The van der Waals surface area contributed by atoms with Crippen LogP contribution >= 0.6 is 15.9 Å². The summed E-state index contributed by atoms with van der Waals surface area (Å²) in [4.78, 5) is 17.0. The largest absolute Gasteiger partial charge is 0.452 e. The molecule has 0 aliphatic heterocycles. The fourth-order valence-corrected chi connectivity index (χ4v) is 2.04. The Balaban J connectivity index is 2.79. The molecule has 3 atom stereocenters. The van der Waals surface area contributed by atoms with E-state index in [0.29, 0.717) is 5.56 Å². The predicted molar refractivity (Wildman–Crippen MR) is 83.3 cm³/mol. The first-order valence-electron chi connectivity index (χ1n) is 6.56. The van der Waals surface area contributed by atoms with Crippen molar-refractivity contribution in [3.8, 4) is 0 Å². The molecule has 0 aliphatic carbocycles. The van der Waals surface area contributed by atoms with Gasteiger partial charge in [0.05, 0.1) is 11.8 Å². The third kappa shape index (κ3) is 4.96. The number of carbonyl (C=O) groups is 1. The van der Waals surface area contributed by atoms with Gasteiger partial charge in [0.1, 0.15) is 13.2 Å². The molecule has 110 valence electrons. The van der Waals surface area contributed by atoms with Crippen LogP contribution in [-0.2, 0) is 9.57 Å². The molecule has 0 saturated heterocycles. The minimum atomic E-state index is -0.438. The van der Waals surface area contributed by atoms with Crippen molar-refractivity contribution in [3.63, 3.8) is 0 Å². The Hall–Kier alpha value is -1.36. The Labute approximate surface area is 128 Å². The van der Waals surface area contributed by atoms with Gasteiger partial charge in [-0.15, -0.1) is 0 Å². The van der Waals surface area contributed by atoms with E-state index in [4.69, 9.17) is 4.74 Å². The van der Waals surface area contributed by atoms with Crippen LogP contribution in [0.1, 0.15) is 30.6 Å². The van der Waals surface area contributed by atoms with E-state index in [2.05, 4.69) is 32.8 Å². The Kier molecular flexibility index (Phi) is 7.30. The van der Waals surface area contributed by atoms with Gasteiger partial charge in [-0.25, -0.2) is 4.79 Å². The molecule has 0 heterocycles. The molecule has 0 aromatic heterocycles. The smallest absolute Gasteiger partial charge is 0.338 e. The number of alkyl halides is 1. The fourth-order valence-electron chi connectivity index (χ4n) is 1.74. The number of oxime groups is 1. The molecular formula is C15H20BrNO3. The van der Waals surface area contributed by atoms with Crippen molar-refractivity contribution in [2.75, 3.05) is 7.11 Å². The Morgan fingerprint density at radius 1 is 1.40 bits per heavy atom. The lowest BCUT2D eigenvalue weighted by Gasteiger charge is -2.24. The van der Waals surface area contributed by atoms with Crippen LogP contribution in [0.3, 0.4) is 0 Å². The molecule has 0 unspecified atom stereocenters. The van der Waals surface area contributed by atoms with E-state index in [1.165, 1.54) is 13.3 Å². The zero-order chi connectivity index (χ0) is 15.0. The minimum absolute atomic E-state index is 0.0894. The summed E-state index contributed by atoms with van der Waals surface area (Å²) >= 11 is 3.59. The number of nitrogens with zero attached hydrogens (tertiary/aromatic N) is 1. The number of esters is 1.